The lowest BCUT2D eigenvalue weighted by Gasteiger charge is -2.19. The molecule has 2 nitrogen and oxygen atoms in total. The summed E-state index contributed by atoms with van der Waals surface area (Å²) in [5, 5.41) is 0. The number of hydrogen-bond acceptors (Lipinski definition) is 2. The predicted molar refractivity (Wildman–Crippen MR) is 36.5 cm³/mol. The summed E-state index contributed by atoms with van der Waals surface area (Å²) in [4.78, 5) is 10.5. The van der Waals surface area contributed by atoms with E-state index in [1.54, 1.807) is 0 Å². The third kappa shape index (κ3) is 7.37. The molecule has 0 atom stereocenters. The predicted octanol–water partition coefficient (Wildman–Crippen LogP) is 2.28. The Kier molecular flexibility index (Phi) is 3.12. The highest BCUT2D eigenvalue weighted by atomic mass is 19.4. The maximum absolute atomic E-state index is 11.6. The van der Waals surface area contributed by atoms with Crippen LogP contribution in [0.25, 0.3) is 0 Å². The highest BCUT2D eigenvalue weighted by molar-refractivity contribution is 5.70. The number of ether oxygens (including phenoxy) is 1. The lowest BCUT2D eigenvalue weighted by atomic mass is 10.2. The van der Waals surface area contributed by atoms with Crippen molar-refractivity contribution in [2.75, 3.05) is 0 Å². The van der Waals surface area contributed by atoms with Gasteiger partial charge in [-0.15, -0.1) is 0 Å². The van der Waals surface area contributed by atoms with E-state index in [0.717, 1.165) is 0 Å². The highest BCUT2D eigenvalue weighted by Crippen LogP contribution is 2.21. The molecule has 0 aromatic heterocycles. The summed E-state index contributed by atoms with van der Waals surface area (Å²) in [6, 6.07) is 0. The zero-order chi connectivity index (χ0) is 9.99. The first-order valence-corrected chi connectivity index (χ1v) is 3.39. The molecule has 0 N–H and O–H groups in total. The fraction of sp³-hybridized carbons (Fsp3) is 0.857. The van der Waals surface area contributed by atoms with Crippen molar-refractivity contribution in [3.05, 3.63) is 0 Å². The minimum Gasteiger partial charge on any atom is -0.460 e. The van der Waals surface area contributed by atoms with Crippen molar-refractivity contribution in [2.24, 2.45) is 0 Å². The van der Waals surface area contributed by atoms with Crippen LogP contribution < -0.4 is 0 Å². The standard InChI is InChI=1S/C7H11F3O2/c1-6(2,3)12-5(11)4-7(8,9)10/h4H2,1-3H3. The van der Waals surface area contributed by atoms with Crippen molar-refractivity contribution in [3.63, 3.8) is 0 Å². The van der Waals surface area contributed by atoms with Gasteiger partial charge in [0.1, 0.15) is 12.0 Å². The lowest BCUT2D eigenvalue weighted by Crippen LogP contribution is -2.27. The van der Waals surface area contributed by atoms with E-state index >= 15 is 0 Å². The summed E-state index contributed by atoms with van der Waals surface area (Å²) >= 11 is 0. The average molecular weight is 184 g/mol. The van der Waals surface area contributed by atoms with E-state index in [2.05, 4.69) is 4.74 Å². The molecule has 5 heteroatoms. The van der Waals surface area contributed by atoms with Crippen molar-refractivity contribution in [3.8, 4) is 0 Å². The Morgan fingerprint density at radius 2 is 1.67 bits per heavy atom. The van der Waals surface area contributed by atoms with Crippen molar-refractivity contribution in [1.29, 1.82) is 0 Å². The molecule has 0 bridgehead atoms. The SMILES string of the molecule is CC(C)(C)OC(=O)CC(F)(F)F. The molecule has 0 aliphatic carbocycles. The van der Waals surface area contributed by atoms with Crippen LogP contribution in [0.2, 0.25) is 0 Å². The van der Waals surface area contributed by atoms with Crippen molar-refractivity contribution in [2.45, 2.75) is 39.0 Å². The van der Waals surface area contributed by atoms with Gasteiger partial charge in [-0.3, -0.25) is 4.79 Å². The van der Waals surface area contributed by atoms with Gasteiger partial charge in [-0.25, -0.2) is 0 Å². The van der Waals surface area contributed by atoms with E-state index < -0.39 is 24.2 Å². The molecule has 0 rings (SSSR count). The highest BCUT2D eigenvalue weighted by Gasteiger charge is 2.33. The number of esters is 1. The summed E-state index contributed by atoms with van der Waals surface area (Å²) in [5.74, 6) is -1.24. The molecule has 0 heterocycles. The molecule has 0 aliphatic heterocycles. The minimum absolute atomic E-state index is 0.859. The largest absolute Gasteiger partial charge is 0.460 e. The Labute approximate surface area is 68.7 Å². The van der Waals surface area contributed by atoms with Gasteiger partial charge in [0.25, 0.3) is 0 Å². The second kappa shape index (κ2) is 3.33. The van der Waals surface area contributed by atoms with Gasteiger partial charge >= 0.3 is 12.1 Å². The fourth-order valence-electron chi connectivity index (χ4n) is 0.541. The van der Waals surface area contributed by atoms with Crippen LogP contribution in [0.1, 0.15) is 27.2 Å². The minimum atomic E-state index is -4.48. The van der Waals surface area contributed by atoms with Crippen LogP contribution in [-0.2, 0) is 9.53 Å². The molecule has 0 saturated heterocycles. The number of hydrogen-bond donors (Lipinski definition) is 0. The molecule has 12 heavy (non-hydrogen) atoms. The van der Waals surface area contributed by atoms with Crippen LogP contribution in [0.3, 0.4) is 0 Å². The van der Waals surface area contributed by atoms with Crippen LogP contribution in [0.15, 0.2) is 0 Å². The maximum atomic E-state index is 11.6. The molecule has 0 aromatic rings. The Morgan fingerprint density at radius 3 is 1.92 bits per heavy atom. The van der Waals surface area contributed by atoms with Gasteiger partial charge in [-0.2, -0.15) is 13.2 Å². The molecule has 0 fully saturated rings. The molecule has 0 unspecified atom stereocenters. The van der Waals surface area contributed by atoms with Gasteiger partial charge in [0.2, 0.25) is 0 Å². The van der Waals surface area contributed by atoms with Crippen LogP contribution in [0, 0.1) is 0 Å². The Balaban J connectivity index is 3.92. The normalized spacial score (nSPS) is 12.8. The summed E-state index contributed by atoms with van der Waals surface area (Å²) in [5.41, 5.74) is -0.859. The summed E-state index contributed by atoms with van der Waals surface area (Å²) in [7, 11) is 0. The molecule has 0 saturated carbocycles. The number of carbonyl (C=O) groups is 1. The van der Waals surface area contributed by atoms with E-state index in [4.69, 9.17) is 0 Å². The quantitative estimate of drug-likeness (QED) is 0.584. The third-order valence-corrected chi connectivity index (χ3v) is 0.765. The van der Waals surface area contributed by atoms with Gasteiger partial charge in [-0.1, -0.05) is 0 Å². The Morgan fingerprint density at radius 1 is 1.25 bits per heavy atom. The first-order chi connectivity index (χ1) is 5.10. The Bertz CT molecular complexity index is 148. The molecule has 0 aromatic carbocycles. The molecule has 0 radical (unpaired) electrons. The number of rotatable bonds is 1. The third-order valence-electron chi connectivity index (χ3n) is 0.765. The van der Waals surface area contributed by atoms with Gasteiger partial charge in [-0.05, 0) is 20.8 Å². The number of halogens is 3. The van der Waals surface area contributed by atoms with Crippen molar-refractivity contribution < 1.29 is 22.7 Å². The molecular formula is C7H11F3O2. The van der Waals surface area contributed by atoms with Crippen molar-refractivity contribution >= 4 is 5.97 Å². The van der Waals surface area contributed by atoms with Crippen LogP contribution in [0.4, 0.5) is 13.2 Å². The van der Waals surface area contributed by atoms with Crippen LogP contribution >= 0.6 is 0 Å². The number of alkyl halides is 3. The van der Waals surface area contributed by atoms with E-state index in [9.17, 15) is 18.0 Å². The molecule has 0 aliphatic rings. The Hall–Kier alpha value is -0.740. The molecule has 0 spiro atoms. The zero-order valence-corrected chi connectivity index (χ0v) is 7.16. The van der Waals surface area contributed by atoms with Crippen LogP contribution in [0.5, 0.6) is 0 Å². The zero-order valence-electron chi connectivity index (χ0n) is 7.16. The average Bonchev–Trinajstić information content (AvgIpc) is 1.49. The van der Waals surface area contributed by atoms with Gasteiger partial charge in [0, 0.05) is 0 Å². The van der Waals surface area contributed by atoms with Gasteiger partial charge in [0.05, 0.1) is 0 Å². The second-order valence-electron chi connectivity index (χ2n) is 3.38. The summed E-state index contributed by atoms with van der Waals surface area (Å²) in [6.07, 6.45) is -6.01. The fourth-order valence-corrected chi connectivity index (χ4v) is 0.541. The van der Waals surface area contributed by atoms with E-state index in [1.165, 1.54) is 20.8 Å². The second-order valence-corrected chi connectivity index (χ2v) is 3.38. The molecule has 72 valence electrons. The monoisotopic (exact) mass is 184 g/mol. The van der Waals surface area contributed by atoms with Crippen molar-refractivity contribution in [1.82, 2.24) is 0 Å². The smallest absolute Gasteiger partial charge is 0.399 e. The van der Waals surface area contributed by atoms with Gasteiger partial charge in [0.15, 0.2) is 0 Å². The van der Waals surface area contributed by atoms with E-state index in [-0.39, 0.29) is 0 Å². The summed E-state index contributed by atoms with van der Waals surface area (Å²) in [6.45, 7) is 4.55. The van der Waals surface area contributed by atoms with Crippen LogP contribution in [-0.4, -0.2) is 17.7 Å². The lowest BCUT2D eigenvalue weighted by molar-refractivity contribution is -0.179. The molecular weight excluding hydrogens is 173 g/mol. The van der Waals surface area contributed by atoms with E-state index in [0.29, 0.717) is 0 Å². The first-order valence-electron chi connectivity index (χ1n) is 3.39. The van der Waals surface area contributed by atoms with Gasteiger partial charge < -0.3 is 4.74 Å². The molecule has 0 amide bonds. The van der Waals surface area contributed by atoms with E-state index in [1.807, 2.05) is 0 Å². The maximum Gasteiger partial charge on any atom is 0.399 e. The topological polar surface area (TPSA) is 26.3 Å². The number of carbonyl (C=O) groups excluding carboxylic acids is 1. The summed E-state index contributed by atoms with van der Waals surface area (Å²) < 4.78 is 39.2. The first kappa shape index (κ1) is 11.3.